The Hall–Kier alpha value is -2.89. The van der Waals surface area contributed by atoms with E-state index in [0.717, 1.165) is 0 Å². The number of carbonyl (C=O) groups is 2. The molecule has 0 saturated heterocycles. The van der Waals surface area contributed by atoms with E-state index in [0.29, 0.717) is 16.9 Å². The molecule has 0 radical (unpaired) electrons. The summed E-state index contributed by atoms with van der Waals surface area (Å²) < 4.78 is 5.00. The van der Waals surface area contributed by atoms with Crippen molar-refractivity contribution in [3.63, 3.8) is 0 Å². The Labute approximate surface area is 114 Å². The van der Waals surface area contributed by atoms with Gasteiger partial charge in [-0.25, -0.2) is 5.43 Å². The molecule has 0 aliphatic rings. The number of amides is 1. The number of hydrogen-bond acceptors (Lipinski definition) is 5. The lowest BCUT2D eigenvalue weighted by Gasteiger charge is -2.05. The topological polar surface area (TPSA) is 94.7 Å². The van der Waals surface area contributed by atoms with E-state index in [4.69, 9.17) is 4.42 Å². The molecular weight excluding hydrogens is 260 g/mol. The first-order chi connectivity index (χ1) is 9.59. The van der Waals surface area contributed by atoms with Crippen molar-refractivity contribution in [1.82, 2.24) is 5.43 Å². The summed E-state index contributed by atoms with van der Waals surface area (Å²) in [5.41, 5.74) is 3.02. The second-order valence-corrected chi connectivity index (χ2v) is 3.96. The molecule has 1 aromatic heterocycles. The second kappa shape index (κ2) is 5.83. The van der Waals surface area contributed by atoms with Crippen molar-refractivity contribution in [2.45, 2.75) is 6.92 Å². The molecule has 6 heteroatoms. The molecule has 0 saturated carbocycles. The largest absolute Gasteiger partial charge is 0.545 e. The van der Waals surface area contributed by atoms with Crippen LogP contribution in [0.5, 0.6) is 0 Å². The molecule has 20 heavy (non-hydrogen) atoms. The average molecular weight is 271 g/mol. The highest BCUT2D eigenvalue weighted by Crippen LogP contribution is 2.08. The molecule has 0 spiro atoms. The molecule has 1 aromatic carbocycles. The zero-order chi connectivity index (χ0) is 14.5. The Morgan fingerprint density at radius 2 is 2.00 bits per heavy atom. The van der Waals surface area contributed by atoms with Crippen LogP contribution in [0.15, 0.2) is 46.1 Å². The number of rotatable bonds is 4. The van der Waals surface area contributed by atoms with Crippen LogP contribution in [0, 0.1) is 6.92 Å². The van der Waals surface area contributed by atoms with Crippen molar-refractivity contribution in [3.8, 4) is 0 Å². The standard InChI is InChI=1S/C14H12N2O4/c1-9-11(6-7-20-9)13(17)16-15-8-10-4-2-3-5-12(10)14(18)19/h2-8H,1H3,(H,16,17)(H,18,19)/p-1/b15-8-. The molecule has 0 bridgehead atoms. The van der Waals surface area contributed by atoms with E-state index in [-0.39, 0.29) is 5.56 Å². The van der Waals surface area contributed by atoms with Gasteiger partial charge in [0.05, 0.1) is 24.0 Å². The number of nitrogens with zero attached hydrogens (tertiary/aromatic N) is 1. The van der Waals surface area contributed by atoms with Gasteiger partial charge < -0.3 is 14.3 Å². The van der Waals surface area contributed by atoms with Gasteiger partial charge in [-0.05, 0) is 13.0 Å². The molecule has 102 valence electrons. The number of benzene rings is 1. The average Bonchev–Trinajstić information content (AvgIpc) is 2.85. The van der Waals surface area contributed by atoms with Crippen LogP contribution >= 0.6 is 0 Å². The van der Waals surface area contributed by atoms with Crippen LogP contribution in [0.25, 0.3) is 0 Å². The van der Waals surface area contributed by atoms with Crippen molar-refractivity contribution in [2.75, 3.05) is 0 Å². The third-order valence-electron chi connectivity index (χ3n) is 2.65. The number of furan rings is 1. The van der Waals surface area contributed by atoms with Gasteiger partial charge in [-0.3, -0.25) is 4.79 Å². The van der Waals surface area contributed by atoms with Crippen LogP contribution in [-0.2, 0) is 0 Å². The maximum absolute atomic E-state index is 11.7. The number of hydrogen-bond donors (Lipinski definition) is 1. The number of aryl methyl sites for hydroxylation is 1. The molecule has 6 nitrogen and oxygen atoms in total. The molecule has 0 aliphatic heterocycles. The summed E-state index contributed by atoms with van der Waals surface area (Å²) in [4.78, 5) is 22.6. The normalized spacial score (nSPS) is 10.7. The summed E-state index contributed by atoms with van der Waals surface area (Å²) in [6.45, 7) is 1.66. The van der Waals surface area contributed by atoms with Crippen LogP contribution in [0.2, 0.25) is 0 Å². The first-order valence-corrected chi connectivity index (χ1v) is 5.77. The number of carbonyl (C=O) groups excluding carboxylic acids is 2. The summed E-state index contributed by atoms with van der Waals surface area (Å²) in [5.74, 6) is -1.25. The third-order valence-corrected chi connectivity index (χ3v) is 2.65. The highest BCUT2D eigenvalue weighted by molar-refractivity contribution is 5.99. The molecule has 1 N–H and O–H groups in total. The molecule has 2 rings (SSSR count). The summed E-state index contributed by atoms with van der Waals surface area (Å²) in [5, 5.41) is 14.6. The van der Waals surface area contributed by atoms with E-state index in [9.17, 15) is 14.7 Å². The van der Waals surface area contributed by atoms with Crippen molar-refractivity contribution in [1.29, 1.82) is 0 Å². The second-order valence-electron chi connectivity index (χ2n) is 3.96. The molecule has 0 atom stereocenters. The van der Waals surface area contributed by atoms with Crippen LogP contribution < -0.4 is 10.5 Å². The predicted molar refractivity (Wildman–Crippen MR) is 69.3 cm³/mol. The van der Waals surface area contributed by atoms with Crippen molar-refractivity contribution < 1.29 is 19.1 Å². The van der Waals surface area contributed by atoms with Gasteiger partial charge in [0.25, 0.3) is 5.91 Å². The van der Waals surface area contributed by atoms with E-state index >= 15 is 0 Å². The first-order valence-electron chi connectivity index (χ1n) is 5.77. The highest BCUT2D eigenvalue weighted by atomic mass is 16.4. The lowest BCUT2D eigenvalue weighted by molar-refractivity contribution is -0.255. The Kier molecular flexibility index (Phi) is 3.95. The van der Waals surface area contributed by atoms with Gasteiger partial charge in [-0.15, -0.1) is 0 Å². The van der Waals surface area contributed by atoms with Gasteiger partial charge in [-0.1, -0.05) is 24.3 Å². The quantitative estimate of drug-likeness (QED) is 0.654. The molecule has 1 amide bonds. The Balaban J connectivity index is 2.10. The monoisotopic (exact) mass is 271 g/mol. The van der Waals surface area contributed by atoms with E-state index < -0.39 is 11.9 Å². The fraction of sp³-hybridized carbons (Fsp3) is 0.0714. The molecule has 2 aromatic rings. The maximum Gasteiger partial charge on any atom is 0.274 e. The highest BCUT2D eigenvalue weighted by Gasteiger charge is 2.09. The van der Waals surface area contributed by atoms with Gasteiger partial charge >= 0.3 is 0 Å². The van der Waals surface area contributed by atoms with Crippen LogP contribution in [0.4, 0.5) is 0 Å². The summed E-state index contributed by atoms with van der Waals surface area (Å²) in [7, 11) is 0. The summed E-state index contributed by atoms with van der Waals surface area (Å²) >= 11 is 0. The molecule has 1 heterocycles. The van der Waals surface area contributed by atoms with E-state index in [1.165, 1.54) is 24.6 Å². The first kappa shape index (κ1) is 13.5. The van der Waals surface area contributed by atoms with Crippen molar-refractivity contribution in [2.24, 2.45) is 5.10 Å². The van der Waals surface area contributed by atoms with Crippen molar-refractivity contribution in [3.05, 3.63) is 59.0 Å². The SMILES string of the molecule is Cc1occc1C(=O)N/N=C\c1ccccc1C(=O)[O-]. The Morgan fingerprint density at radius 3 is 2.65 bits per heavy atom. The predicted octanol–water partition coefficient (Wildman–Crippen LogP) is 0.715. The van der Waals surface area contributed by atoms with Crippen LogP contribution in [0.3, 0.4) is 0 Å². The Morgan fingerprint density at radius 1 is 1.25 bits per heavy atom. The minimum absolute atomic E-state index is 0.00462. The van der Waals surface area contributed by atoms with Gasteiger partial charge in [0.15, 0.2) is 0 Å². The number of nitrogens with one attached hydrogen (secondary N) is 1. The number of hydrazone groups is 1. The van der Waals surface area contributed by atoms with E-state index in [2.05, 4.69) is 10.5 Å². The zero-order valence-electron chi connectivity index (χ0n) is 10.6. The van der Waals surface area contributed by atoms with Gasteiger partial charge in [0, 0.05) is 11.1 Å². The fourth-order valence-electron chi connectivity index (χ4n) is 1.64. The van der Waals surface area contributed by atoms with Crippen molar-refractivity contribution >= 4 is 18.1 Å². The molecule has 0 fully saturated rings. The summed E-state index contributed by atoms with van der Waals surface area (Å²) in [6.07, 6.45) is 2.65. The maximum atomic E-state index is 11.7. The van der Waals surface area contributed by atoms with Gasteiger partial charge in [0.1, 0.15) is 5.76 Å². The van der Waals surface area contributed by atoms with E-state index in [1.54, 1.807) is 25.1 Å². The lowest BCUT2D eigenvalue weighted by atomic mass is 10.1. The van der Waals surface area contributed by atoms with Crippen LogP contribution in [-0.4, -0.2) is 18.1 Å². The fourth-order valence-corrected chi connectivity index (χ4v) is 1.64. The minimum Gasteiger partial charge on any atom is -0.545 e. The Bertz CT molecular complexity index is 673. The molecule has 0 unspecified atom stereocenters. The van der Waals surface area contributed by atoms with Gasteiger partial charge in [-0.2, -0.15) is 5.10 Å². The number of aromatic carboxylic acids is 1. The molecular formula is C14H11N2O4-. The zero-order valence-corrected chi connectivity index (χ0v) is 10.6. The lowest BCUT2D eigenvalue weighted by Crippen LogP contribution is -2.24. The summed E-state index contributed by atoms with van der Waals surface area (Å²) in [6, 6.07) is 7.73. The number of carboxylic acid groups (broad SMARTS) is 1. The van der Waals surface area contributed by atoms with E-state index in [1.807, 2.05) is 0 Å². The number of carboxylic acids is 1. The third kappa shape index (κ3) is 2.92. The minimum atomic E-state index is -1.30. The smallest absolute Gasteiger partial charge is 0.274 e. The molecule has 0 aliphatic carbocycles. The van der Waals surface area contributed by atoms with Crippen LogP contribution in [0.1, 0.15) is 32.0 Å². The van der Waals surface area contributed by atoms with Gasteiger partial charge in [0.2, 0.25) is 0 Å².